The lowest BCUT2D eigenvalue weighted by molar-refractivity contribution is -0.384. The zero-order valence-corrected chi connectivity index (χ0v) is 20.8. The van der Waals surface area contributed by atoms with E-state index in [0.29, 0.717) is 23.3 Å². The van der Waals surface area contributed by atoms with Gasteiger partial charge in [-0.1, -0.05) is 42.0 Å². The number of H-pyrrole nitrogens is 1. The number of methoxy groups -OCH3 is 1. The Bertz CT molecular complexity index is 1600. The molecule has 192 valence electrons. The number of ketones is 1. The van der Waals surface area contributed by atoms with Crippen LogP contribution in [0.3, 0.4) is 0 Å². The number of aliphatic hydroxyl groups excluding tert-OH is 1. The van der Waals surface area contributed by atoms with Crippen LogP contribution in [-0.2, 0) is 16.0 Å². The first kappa shape index (κ1) is 24.8. The molecule has 2 N–H and O–H groups in total. The second-order valence-corrected chi connectivity index (χ2v) is 9.19. The molecular weight excluding hydrogens is 486 g/mol. The van der Waals surface area contributed by atoms with Crippen molar-refractivity contribution in [2.45, 2.75) is 19.4 Å². The van der Waals surface area contributed by atoms with Gasteiger partial charge >= 0.3 is 0 Å². The predicted octanol–water partition coefficient (Wildman–Crippen LogP) is 5.06. The smallest absolute Gasteiger partial charge is 0.295 e. The van der Waals surface area contributed by atoms with Gasteiger partial charge in [0.25, 0.3) is 17.4 Å². The van der Waals surface area contributed by atoms with Gasteiger partial charge in [-0.2, -0.15) is 0 Å². The maximum absolute atomic E-state index is 13.3. The summed E-state index contributed by atoms with van der Waals surface area (Å²) in [4.78, 5) is 42.1. The number of likely N-dealkylation sites (tertiary alicyclic amines) is 1. The average Bonchev–Trinajstić information content (AvgIpc) is 3.44. The molecule has 38 heavy (non-hydrogen) atoms. The van der Waals surface area contributed by atoms with Crippen LogP contribution in [0.4, 0.5) is 5.69 Å². The summed E-state index contributed by atoms with van der Waals surface area (Å²) in [5.74, 6) is -1.24. The summed E-state index contributed by atoms with van der Waals surface area (Å²) in [5.41, 5.74) is 3.26. The van der Waals surface area contributed by atoms with E-state index in [4.69, 9.17) is 4.74 Å². The number of hydrogen-bond acceptors (Lipinski definition) is 6. The summed E-state index contributed by atoms with van der Waals surface area (Å²) in [7, 11) is 1.58. The molecule has 1 saturated heterocycles. The maximum Gasteiger partial charge on any atom is 0.295 e. The topological polar surface area (TPSA) is 126 Å². The third kappa shape index (κ3) is 4.39. The van der Waals surface area contributed by atoms with E-state index in [1.54, 1.807) is 37.4 Å². The molecule has 1 aliphatic heterocycles. The molecule has 0 aliphatic carbocycles. The first-order chi connectivity index (χ1) is 18.3. The van der Waals surface area contributed by atoms with Gasteiger partial charge in [0.1, 0.15) is 11.5 Å². The first-order valence-corrected chi connectivity index (χ1v) is 12.0. The van der Waals surface area contributed by atoms with Gasteiger partial charge in [0, 0.05) is 41.3 Å². The molecule has 1 amide bonds. The molecule has 1 aromatic heterocycles. The third-order valence-electron chi connectivity index (χ3n) is 6.86. The van der Waals surface area contributed by atoms with Gasteiger partial charge in [0.2, 0.25) is 0 Å². The van der Waals surface area contributed by atoms with E-state index in [1.807, 2.05) is 31.3 Å². The number of carbonyl (C=O) groups is 2. The number of non-ortho nitro benzene ring substituents is 1. The minimum atomic E-state index is -0.990. The van der Waals surface area contributed by atoms with Crippen LogP contribution in [0.1, 0.15) is 28.3 Å². The van der Waals surface area contributed by atoms with Crippen molar-refractivity contribution in [1.82, 2.24) is 9.88 Å². The zero-order valence-electron chi connectivity index (χ0n) is 20.8. The number of aliphatic hydroxyl groups is 1. The van der Waals surface area contributed by atoms with Crippen LogP contribution < -0.4 is 4.74 Å². The van der Waals surface area contributed by atoms with E-state index in [9.17, 15) is 24.8 Å². The Labute approximate surface area is 218 Å². The lowest BCUT2D eigenvalue weighted by Crippen LogP contribution is -2.31. The number of amides is 1. The number of ether oxygens (including phenoxy) is 1. The van der Waals surface area contributed by atoms with E-state index >= 15 is 0 Å². The number of nitro benzene ring substituents is 1. The fraction of sp³-hybridized carbons (Fsp3) is 0.172. The van der Waals surface area contributed by atoms with Crippen LogP contribution in [-0.4, -0.2) is 45.3 Å². The standard InChI is InChI=1S/C29H25N3O6/c1-17-6-8-18(9-7-17)27(33)25-26(19-4-3-5-21(14-19)32(36)37)31(29(35)28(25)34)13-12-20-16-30-24-11-10-22(38-2)15-23(20)24/h3-11,14-16,26,30,33H,12-13H2,1-2H3/b27-25-. The molecule has 3 aromatic carbocycles. The van der Waals surface area contributed by atoms with E-state index in [1.165, 1.54) is 23.1 Å². The Morgan fingerprint density at radius 1 is 1.11 bits per heavy atom. The summed E-state index contributed by atoms with van der Waals surface area (Å²) in [6, 6.07) is 17.4. The van der Waals surface area contributed by atoms with E-state index in [2.05, 4.69) is 4.98 Å². The van der Waals surface area contributed by atoms with Crippen molar-refractivity contribution in [1.29, 1.82) is 0 Å². The van der Waals surface area contributed by atoms with Crippen molar-refractivity contribution >= 4 is 34.0 Å². The maximum atomic E-state index is 13.3. The molecule has 0 radical (unpaired) electrons. The summed E-state index contributed by atoms with van der Waals surface area (Å²) >= 11 is 0. The fourth-order valence-electron chi connectivity index (χ4n) is 4.86. The van der Waals surface area contributed by atoms with Crippen LogP contribution in [0.25, 0.3) is 16.7 Å². The molecule has 4 aromatic rings. The fourth-order valence-corrected chi connectivity index (χ4v) is 4.86. The number of fused-ring (bicyclic) bond motifs is 1. The quantitative estimate of drug-likeness (QED) is 0.117. The number of aromatic amines is 1. The normalized spacial score (nSPS) is 16.8. The SMILES string of the molecule is COc1ccc2[nH]cc(CCN3C(=O)C(=O)/C(=C(\O)c4ccc(C)cc4)C3c3cccc([N+](=O)[O-])c3)c2c1. The highest BCUT2D eigenvalue weighted by molar-refractivity contribution is 6.46. The Morgan fingerprint density at radius 3 is 2.58 bits per heavy atom. The monoisotopic (exact) mass is 511 g/mol. The highest BCUT2D eigenvalue weighted by Gasteiger charge is 2.46. The van der Waals surface area contributed by atoms with E-state index < -0.39 is 22.7 Å². The Morgan fingerprint density at radius 2 is 1.87 bits per heavy atom. The lowest BCUT2D eigenvalue weighted by atomic mass is 9.94. The number of Topliss-reactive ketones (excluding diaryl/α,β-unsaturated/α-hetero) is 1. The summed E-state index contributed by atoms with van der Waals surface area (Å²) < 4.78 is 5.34. The van der Waals surface area contributed by atoms with Gasteiger partial charge < -0.3 is 19.7 Å². The number of benzene rings is 3. The van der Waals surface area contributed by atoms with Crippen LogP contribution in [0, 0.1) is 17.0 Å². The van der Waals surface area contributed by atoms with Crippen LogP contribution in [0.2, 0.25) is 0 Å². The van der Waals surface area contributed by atoms with Crippen LogP contribution in [0.15, 0.2) is 78.5 Å². The molecule has 0 bridgehead atoms. The highest BCUT2D eigenvalue weighted by Crippen LogP contribution is 2.40. The number of nitrogens with zero attached hydrogens (tertiary/aromatic N) is 2. The summed E-state index contributed by atoms with van der Waals surface area (Å²) in [6.07, 6.45) is 2.24. The molecule has 0 saturated carbocycles. The molecule has 1 unspecified atom stereocenters. The minimum absolute atomic E-state index is 0.0973. The second-order valence-electron chi connectivity index (χ2n) is 9.19. The van der Waals surface area contributed by atoms with Crippen molar-refractivity contribution in [3.8, 4) is 5.75 Å². The largest absolute Gasteiger partial charge is 0.507 e. The Kier molecular flexibility index (Phi) is 6.42. The lowest BCUT2D eigenvalue weighted by Gasteiger charge is -2.25. The summed E-state index contributed by atoms with van der Waals surface area (Å²) in [5, 5.41) is 23.6. The predicted molar refractivity (Wildman–Crippen MR) is 142 cm³/mol. The third-order valence-corrected chi connectivity index (χ3v) is 6.86. The first-order valence-electron chi connectivity index (χ1n) is 12.0. The Balaban J connectivity index is 1.58. The molecular formula is C29H25N3O6. The zero-order chi connectivity index (χ0) is 27.0. The molecule has 9 nitrogen and oxygen atoms in total. The molecule has 5 rings (SSSR count). The number of aryl methyl sites for hydroxylation is 1. The molecule has 1 atom stereocenters. The molecule has 9 heteroatoms. The number of nitrogens with one attached hydrogen (secondary N) is 1. The van der Waals surface area contributed by atoms with Crippen LogP contribution >= 0.6 is 0 Å². The van der Waals surface area contributed by atoms with E-state index in [-0.39, 0.29) is 23.6 Å². The van der Waals surface area contributed by atoms with Crippen molar-refractivity contribution in [3.05, 3.63) is 111 Å². The summed E-state index contributed by atoms with van der Waals surface area (Å²) in [6.45, 7) is 2.04. The number of carbonyl (C=O) groups excluding carboxylic acids is 2. The highest BCUT2D eigenvalue weighted by atomic mass is 16.6. The average molecular weight is 512 g/mol. The minimum Gasteiger partial charge on any atom is -0.507 e. The van der Waals surface area contributed by atoms with Gasteiger partial charge in [-0.25, -0.2) is 0 Å². The number of hydrogen-bond donors (Lipinski definition) is 2. The number of nitro groups is 1. The molecule has 0 spiro atoms. The van der Waals surface area contributed by atoms with E-state index in [0.717, 1.165) is 22.0 Å². The number of rotatable bonds is 7. The number of aromatic nitrogens is 1. The Hall–Kier alpha value is -4.92. The van der Waals surface area contributed by atoms with Crippen LogP contribution in [0.5, 0.6) is 5.75 Å². The molecule has 1 fully saturated rings. The van der Waals surface area contributed by atoms with Gasteiger partial charge in [0.15, 0.2) is 0 Å². The van der Waals surface area contributed by atoms with Crippen molar-refractivity contribution < 1.29 is 24.4 Å². The van der Waals surface area contributed by atoms with Gasteiger partial charge in [-0.3, -0.25) is 19.7 Å². The van der Waals surface area contributed by atoms with Crippen molar-refractivity contribution in [2.24, 2.45) is 0 Å². The van der Waals surface area contributed by atoms with Gasteiger partial charge in [-0.15, -0.1) is 0 Å². The van der Waals surface area contributed by atoms with Gasteiger partial charge in [0.05, 0.1) is 23.6 Å². The van der Waals surface area contributed by atoms with Gasteiger partial charge in [-0.05, 0) is 42.7 Å². The second kappa shape index (κ2) is 9.85. The molecule has 1 aliphatic rings. The molecule has 2 heterocycles. The van der Waals surface area contributed by atoms with Crippen molar-refractivity contribution in [3.63, 3.8) is 0 Å². The van der Waals surface area contributed by atoms with Crippen molar-refractivity contribution in [2.75, 3.05) is 13.7 Å².